The Hall–Kier alpha value is -1.09. The topological polar surface area (TPSA) is 42.1 Å². The summed E-state index contributed by atoms with van der Waals surface area (Å²) in [6.45, 7) is 7.86. The van der Waals surface area contributed by atoms with Gasteiger partial charge in [0.05, 0.1) is 17.6 Å². The predicted octanol–water partition coefficient (Wildman–Crippen LogP) is 3.12. The number of anilines is 1. The Morgan fingerprint density at radius 1 is 1.39 bits per heavy atom. The summed E-state index contributed by atoms with van der Waals surface area (Å²) in [6.07, 6.45) is 5.53. The molecule has 1 aromatic heterocycles. The summed E-state index contributed by atoms with van der Waals surface area (Å²) in [5.41, 5.74) is 8.23. The highest BCUT2D eigenvalue weighted by Gasteiger charge is 2.23. The third-order valence-corrected chi connectivity index (χ3v) is 4.04. The van der Waals surface area contributed by atoms with Crippen LogP contribution in [-0.4, -0.2) is 17.6 Å². The van der Waals surface area contributed by atoms with E-state index in [1.807, 2.05) is 6.20 Å². The van der Waals surface area contributed by atoms with E-state index in [4.69, 9.17) is 5.73 Å². The molecule has 3 nitrogen and oxygen atoms in total. The van der Waals surface area contributed by atoms with Gasteiger partial charge in [0.25, 0.3) is 0 Å². The minimum Gasteiger partial charge on any atom is -0.367 e. The number of aromatic nitrogens is 1. The quantitative estimate of drug-likeness (QED) is 0.892. The molecule has 1 saturated heterocycles. The van der Waals surface area contributed by atoms with E-state index in [1.165, 1.54) is 18.5 Å². The molecule has 0 saturated carbocycles. The van der Waals surface area contributed by atoms with Crippen molar-refractivity contribution in [2.75, 3.05) is 11.4 Å². The third kappa shape index (κ3) is 2.83. The molecule has 2 N–H and O–H groups in total. The van der Waals surface area contributed by atoms with Crippen molar-refractivity contribution in [2.45, 2.75) is 52.1 Å². The molecule has 2 heterocycles. The SMILES string of the molecule is CCC(N)c1ccc(N2CC(C)CCC2C)cn1. The fraction of sp³-hybridized carbons (Fsp3) is 0.667. The van der Waals surface area contributed by atoms with Gasteiger partial charge in [-0.3, -0.25) is 4.98 Å². The van der Waals surface area contributed by atoms with Crippen LogP contribution in [0.1, 0.15) is 51.8 Å². The van der Waals surface area contributed by atoms with Gasteiger partial charge in [-0.05, 0) is 44.2 Å². The smallest absolute Gasteiger partial charge is 0.0572 e. The zero-order chi connectivity index (χ0) is 13.1. The average Bonchev–Trinajstić information content (AvgIpc) is 2.41. The molecule has 1 aromatic rings. The molecule has 3 unspecified atom stereocenters. The van der Waals surface area contributed by atoms with E-state index in [9.17, 15) is 0 Å². The summed E-state index contributed by atoms with van der Waals surface area (Å²) in [7, 11) is 0. The number of nitrogens with two attached hydrogens (primary N) is 1. The Morgan fingerprint density at radius 2 is 2.17 bits per heavy atom. The molecule has 0 radical (unpaired) electrons. The summed E-state index contributed by atoms with van der Waals surface area (Å²) in [4.78, 5) is 6.99. The lowest BCUT2D eigenvalue weighted by atomic mass is 9.94. The molecule has 100 valence electrons. The van der Waals surface area contributed by atoms with E-state index < -0.39 is 0 Å². The van der Waals surface area contributed by atoms with Crippen molar-refractivity contribution in [3.05, 3.63) is 24.0 Å². The van der Waals surface area contributed by atoms with Gasteiger partial charge in [-0.25, -0.2) is 0 Å². The zero-order valence-electron chi connectivity index (χ0n) is 11.8. The van der Waals surface area contributed by atoms with Crippen molar-refractivity contribution in [3.63, 3.8) is 0 Å². The van der Waals surface area contributed by atoms with Crippen molar-refractivity contribution in [3.8, 4) is 0 Å². The molecule has 18 heavy (non-hydrogen) atoms. The molecule has 0 amide bonds. The largest absolute Gasteiger partial charge is 0.367 e. The normalized spacial score (nSPS) is 26.1. The number of piperidine rings is 1. The second-order valence-corrected chi connectivity index (χ2v) is 5.64. The van der Waals surface area contributed by atoms with Crippen molar-refractivity contribution in [2.24, 2.45) is 11.7 Å². The average molecular weight is 247 g/mol. The first kappa shape index (κ1) is 13.3. The molecule has 0 bridgehead atoms. The highest BCUT2D eigenvalue weighted by molar-refractivity contribution is 5.46. The lowest BCUT2D eigenvalue weighted by Gasteiger charge is -2.38. The Bertz CT molecular complexity index is 374. The Balaban J connectivity index is 2.13. The first-order valence-electron chi connectivity index (χ1n) is 7.10. The van der Waals surface area contributed by atoms with Gasteiger partial charge in [-0.2, -0.15) is 0 Å². The lowest BCUT2D eigenvalue weighted by Crippen LogP contribution is -2.41. The van der Waals surface area contributed by atoms with Crippen LogP contribution < -0.4 is 10.6 Å². The van der Waals surface area contributed by atoms with Crippen LogP contribution in [0.3, 0.4) is 0 Å². The van der Waals surface area contributed by atoms with Gasteiger partial charge >= 0.3 is 0 Å². The van der Waals surface area contributed by atoms with Crippen LogP contribution in [-0.2, 0) is 0 Å². The maximum Gasteiger partial charge on any atom is 0.0572 e. The molecule has 2 rings (SSSR count). The van der Waals surface area contributed by atoms with Crippen molar-refractivity contribution in [1.82, 2.24) is 4.98 Å². The van der Waals surface area contributed by atoms with E-state index in [-0.39, 0.29) is 6.04 Å². The van der Waals surface area contributed by atoms with Crippen molar-refractivity contribution >= 4 is 5.69 Å². The second-order valence-electron chi connectivity index (χ2n) is 5.64. The summed E-state index contributed by atoms with van der Waals surface area (Å²) < 4.78 is 0. The Labute approximate surface area is 110 Å². The summed E-state index contributed by atoms with van der Waals surface area (Å²) in [6, 6.07) is 4.94. The Kier molecular flexibility index (Phi) is 4.23. The second kappa shape index (κ2) is 5.70. The molecule has 0 aromatic carbocycles. The molecule has 0 aliphatic carbocycles. The van der Waals surface area contributed by atoms with Gasteiger partial charge in [-0.15, -0.1) is 0 Å². The van der Waals surface area contributed by atoms with Crippen LogP contribution in [0.15, 0.2) is 18.3 Å². The van der Waals surface area contributed by atoms with Crippen molar-refractivity contribution < 1.29 is 0 Å². The minimum absolute atomic E-state index is 0.0664. The van der Waals surface area contributed by atoms with Crippen LogP contribution in [0.2, 0.25) is 0 Å². The van der Waals surface area contributed by atoms with E-state index in [0.717, 1.165) is 24.6 Å². The van der Waals surface area contributed by atoms with Gasteiger partial charge in [0.1, 0.15) is 0 Å². The molecule has 1 aliphatic heterocycles. The maximum atomic E-state index is 6.00. The number of hydrogen-bond donors (Lipinski definition) is 1. The highest BCUT2D eigenvalue weighted by Crippen LogP contribution is 2.27. The zero-order valence-corrected chi connectivity index (χ0v) is 11.8. The van der Waals surface area contributed by atoms with Gasteiger partial charge < -0.3 is 10.6 Å². The number of hydrogen-bond acceptors (Lipinski definition) is 3. The molecule has 1 fully saturated rings. The fourth-order valence-electron chi connectivity index (χ4n) is 2.64. The molecule has 3 heteroatoms. The predicted molar refractivity (Wildman–Crippen MR) is 76.7 cm³/mol. The standard InChI is InChI=1S/C15H25N3/c1-4-14(16)15-8-7-13(9-17-15)18-10-11(2)5-6-12(18)3/h7-9,11-12,14H,4-6,10,16H2,1-3H3. The van der Waals surface area contributed by atoms with Crippen LogP contribution in [0, 0.1) is 5.92 Å². The van der Waals surface area contributed by atoms with Gasteiger partial charge in [0.2, 0.25) is 0 Å². The molecule has 0 spiro atoms. The molecule has 1 aliphatic rings. The third-order valence-electron chi connectivity index (χ3n) is 4.04. The van der Waals surface area contributed by atoms with E-state index >= 15 is 0 Å². The van der Waals surface area contributed by atoms with Crippen molar-refractivity contribution in [1.29, 1.82) is 0 Å². The molecule has 3 atom stereocenters. The monoisotopic (exact) mass is 247 g/mol. The summed E-state index contributed by atoms with van der Waals surface area (Å²) in [5.74, 6) is 0.777. The van der Waals surface area contributed by atoms with Gasteiger partial charge in [-0.1, -0.05) is 13.8 Å². The molecular weight excluding hydrogens is 222 g/mol. The first-order chi connectivity index (χ1) is 8.61. The van der Waals surface area contributed by atoms with E-state index in [1.54, 1.807) is 0 Å². The number of rotatable bonds is 3. The summed E-state index contributed by atoms with van der Waals surface area (Å²) >= 11 is 0. The van der Waals surface area contributed by atoms with Crippen LogP contribution in [0.25, 0.3) is 0 Å². The fourth-order valence-corrected chi connectivity index (χ4v) is 2.64. The number of pyridine rings is 1. The van der Waals surface area contributed by atoms with E-state index in [2.05, 4.69) is 42.8 Å². The number of nitrogens with zero attached hydrogens (tertiary/aromatic N) is 2. The van der Waals surface area contributed by atoms with Gasteiger partial charge in [0.15, 0.2) is 0 Å². The first-order valence-corrected chi connectivity index (χ1v) is 7.10. The minimum atomic E-state index is 0.0664. The van der Waals surface area contributed by atoms with Gasteiger partial charge in [0, 0.05) is 18.6 Å². The molecular formula is C15H25N3. The van der Waals surface area contributed by atoms with Crippen LogP contribution in [0.4, 0.5) is 5.69 Å². The lowest BCUT2D eigenvalue weighted by molar-refractivity contribution is 0.390. The highest BCUT2D eigenvalue weighted by atomic mass is 15.2. The Morgan fingerprint density at radius 3 is 2.78 bits per heavy atom. The van der Waals surface area contributed by atoms with Crippen LogP contribution in [0.5, 0.6) is 0 Å². The summed E-state index contributed by atoms with van der Waals surface area (Å²) in [5, 5.41) is 0. The maximum absolute atomic E-state index is 6.00. The van der Waals surface area contributed by atoms with E-state index in [0.29, 0.717) is 6.04 Å². The van der Waals surface area contributed by atoms with Crippen LogP contribution >= 0.6 is 0 Å².